The molecule has 0 saturated heterocycles. The number of carbonyl (C=O) groups is 1. The molecule has 8 heteroatoms. The zero-order chi connectivity index (χ0) is 23.4. The van der Waals surface area contributed by atoms with E-state index in [2.05, 4.69) is 0 Å². The number of nitrogens with zero attached hydrogens (tertiary/aromatic N) is 3. The number of carbonyl (C=O) groups excluding carboxylic acids is 1. The van der Waals surface area contributed by atoms with E-state index in [-0.39, 0.29) is 11.5 Å². The minimum atomic E-state index is -0.756. The molecule has 0 radical (unpaired) electrons. The van der Waals surface area contributed by atoms with E-state index in [1.54, 1.807) is 42.2 Å². The molecule has 3 aromatic rings. The highest BCUT2D eigenvalue weighted by Gasteiger charge is 2.26. The van der Waals surface area contributed by atoms with Gasteiger partial charge in [0.1, 0.15) is 11.9 Å². The molecule has 0 fully saturated rings. The lowest BCUT2D eigenvalue weighted by Crippen LogP contribution is -2.40. The van der Waals surface area contributed by atoms with Gasteiger partial charge < -0.3 is 19.1 Å². The summed E-state index contributed by atoms with van der Waals surface area (Å²) in [5, 5.41) is 0.447. The van der Waals surface area contributed by atoms with E-state index in [0.29, 0.717) is 52.6 Å². The Morgan fingerprint density at radius 3 is 2.16 bits per heavy atom. The van der Waals surface area contributed by atoms with E-state index in [0.717, 1.165) is 0 Å². The maximum Gasteiger partial charge on any atom is 0.262 e. The van der Waals surface area contributed by atoms with E-state index in [9.17, 15) is 9.59 Å². The van der Waals surface area contributed by atoms with Crippen molar-refractivity contribution in [2.45, 2.75) is 26.8 Å². The first kappa shape index (κ1) is 23.1. The topological polar surface area (TPSA) is 82.9 Å². The highest BCUT2D eigenvalue weighted by molar-refractivity contribution is 5.84. The third-order valence-electron chi connectivity index (χ3n) is 5.55. The number of benzene rings is 2. The Bertz CT molecular complexity index is 1160. The van der Waals surface area contributed by atoms with Gasteiger partial charge in [-0.15, -0.1) is 0 Å². The molecule has 2 aromatic carbocycles. The number of para-hydroxylation sites is 1. The number of hydrogen-bond donors (Lipinski definition) is 0. The molecule has 1 aromatic heterocycles. The average Bonchev–Trinajstić information content (AvgIpc) is 2.83. The molecule has 0 bridgehead atoms. The number of ether oxygens (including phenoxy) is 3. The Morgan fingerprint density at radius 1 is 1.03 bits per heavy atom. The number of methoxy groups -OCH3 is 3. The van der Waals surface area contributed by atoms with Crippen LogP contribution in [0.25, 0.3) is 22.3 Å². The number of amides is 1. The van der Waals surface area contributed by atoms with Crippen molar-refractivity contribution in [3.8, 4) is 28.6 Å². The van der Waals surface area contributed by atoms with Gasteiger partial charge in [-0.1, -0.05) is 12.1 Å². The highest BCUT2D eigenvalue weighted by Crippen LogP contribution is 2.41. The fourth-order valence-corrected chi connectivity index (χ4v) is 3.83. The van der Waals surface area contributed by atoms with Gasteiger partial charge in [0.15, 0.2) is 11.5 Å². The Morgan fingerprint density at radius 2 is 1.62 bits per heavy atom. The fourth-order valence-electron chi connectivity index (χ4n) is 3.83. The molecular formula is C24H29N3O5. The smallest absolute Gasteiger partial charge is 0.262 e. The van der Waals surface area contributed by atoms with Crippen molar-refractivity contribution < 1.29 is 19.0 Å². The Hall–Kier alpha value is -3.55. The van der Waals surface area contributed by atoms with Crippen LogP contribution in [0.5, 0.6) is 17.2 Å². The minimum absolute atomic E-state index is 0.150. The number of hydrogen-bond acceptors (Lipinski definition) is 6. The summed E-state index contributed by atoms with van der Waals surface area (Å²) in [5.74, 6) is 1.49. The summed E-state index contributed by atoms with van der Waals surface area (Å²) in [7, 11) is 4.57. The molecule has 32 heavy (non-hydrogen) atoms. The van der Waals surface area contributed by atoms with E-state index < -0.39 is 6.04 Å². The van der Waals surface area contributed by atoms with Gasteiger partial charge in [-0.2, -0.15) is 0 Å². The van der Waals surface area contributed by atoms with Crippen LogP contribution >= 0.6 is 0 Å². The predicted molar refractivity (Wildman–Crippen MR) is 124 cm³/mol. The van der Waals surface area contributed by atoms with Gasteiger partial charge in [-0.05, 0) is 45.0 Å². The van der Waals surface area contributed by atoms with Crippen molar-refractivity contribution in [1.82, 2.24) is 14.5 Å². The first-order valence-corrected chi connectivity index (χ1v) is 10.5. The standard InChI is InChI=1S/C24H29N3O5/c1-7-26(8-2)23(28)15(3)27-22(25-18-12-10-9-11-17(18)24(27)29)16-13-19(30-4)21(32-6)20(14-16)31-5/h9-15H,7-8H2,1-6H3. The van der Waals surface area contributed by atoms with Crippen LogP contribution in [-0.2, 0) is 4.79 Å². The summed E-state index contributed by atoms with van der Waals surface area (Å²) < 4.78 is 17.8. The van der Waals surface area contributed by atoms with E-state index in [1.807, 2.05) is 19.9 Å². The number of rotatable bonds is 8. The van der Waals surface area contributed by atoms with Crippen LogP contribution in [0.1, 0.15) is 26.8 Å². The molecular weight excluding hydrogens is 410 g/mol. The van der Waals surface area contributed by atoms with Crippen LogP contribution in [-0.4, -0.2) is 54.8 Å². The molecule has 1 amide bonds. The zero-order valence-electron chi connectivity index (χ0n) is 19.3. The predicted octanol–water partition coefficient (Wildman–Crippen LogP) is 3.52. The van der Waals surface area contributed by atoms with Gasteiger partial charge in [0, 0.05) is 18.7 Å². The lowest BCUT2D eigenvalue weighted by atomic mass is 10.1. The Labute approximate surface area is 187 Å². The highest BCUT2D eigenvalue weighted by atomic mass is 16.5. The minimum Gasteiger partial charge on any atom is -0.493 e. The molecule has 1 heterocycles. The summed E-state index contributed by atoms with van der Waals surface area (Å²) in [6, 6.07) is 9.79. The second kappa shape index (κ2) is 9.72. The van der Waals surface area contributed by atoms with Crippen molar-refractivity contribution in [3.05, 3.63) is 46.8 Å². The summed E-state index contributed by atoms with van der Waals surface area (Å²) >= 11 is 0. The van der Waals surface area contributed by atoms with Crippen molar-refractivity contribution in [2.24, 2.45) is 0 Å². The Kier molecular flexibility index (Phi) is 7.02. The molecule has 0 saturated carbocycles. The van der Waals surface area contributed by atoms with Crippen molar-refractivity contribution in [3.63, 3.8) is 0 Å². The lowest BCUT2D eigenvalue weighted by molar-refractivity contribution is -0.133. The van der Waals surface area contributed by atoms with Gasteiger partial charge in [-0.25, -0.2) is 4.98 Å². The van der Waals surface area contributed by atoms with E-state index in [1.165, 1.54) is 25.9 Å². The first-order valence-electron chi connectivity index (χ1n) is 10.5. The second-order valence-corrected chi connectivity index (χ2v) is 7.23. The monoisotopic (exact) mass is 439 g/mol. The van der Waals surface area contributed by atoms with Crippen LogP contribution in [0, 0.1) is 0 Å². The van der Waals surface area contributed by atoms with E-state index >= 15 is 0 Å². The molecule has 0 aliphatic rings. The van der Waals surface area contributed by atoms with Gasteiger partial charge in [0.25, 0.3) is 5.56 Å². The quantitative estimate of drug-likeness (QED) is 0.534. The second-order valence-electron chi connectivity index (χ2n) is 7.23. The molecule has 3 rings (SSSR count). The summed E-state index contributed by atoms with van der Waals surface area (Å²) in [4.78, 5) is 33.2. The van der Waals surface area contributed by atoms with Gasteiger partial charge in [0.05, 0.1) is 32.2 Å². The van der Waals surface area contributed by atoms with Crippen LogP contribution in [0.2, 0.25) is 0 Å². The van der Waals surface area contributed by atoms with Gasteiger partial charge in [-0.3, -0.25) is 14.2 Å². The number of aromatic nitrogens is 2. The normalized spacial score (nSPS) is 11.8. The van der Waals surface area contributed by atoms with Gasteiger partial charge >= 0.3 is 0 Å². The fraction of sp³-hybridized carbons (Fsp3) is 0.375. The summed E-state index contributed by atoms with van der Waals surface area (Å²) in [6.07, 6.45) is 0. The third-order valence-corrected chi connectivity index (χ3v) is 5.55. The molecule has 0 aliphatic carbocycles. The first-order chi connectivity index (χ1) is 15.4. The molecule has 170 valence electrons. The Balaban J connectivity index is 2.35. The molecule has 1 unspecified atom stereocenters. The van der Waals surface area contributed by atoms with Crippen LogP contribution in [0.4, 0.5) is 0 Å². The van der Waals surface area contributed by atoms with Crippen molar-refractivity contribution in [2.75, 3.05) is 34.4 Å². The average molecular weight is 440 g/mol. The van der Waals surface area contributed by atoms with E-state index in [4.69, 9.17) is 19.2 Å². The largest absolute Gasteiger partial charge is 0.493 e. The molecule has 0 aliphatic heterocycles. The SMILES string of the molecule is CCN(CC)C(=O)C(C)n1c(-c2cc(OC)c(OC)c(OC)c2)nc2ccccc2c1=O. The number of likely N-dealkylation sites (N-methyl/N-ethyl adjacent to an activating group) is 1. The molecule has 1 atom stereocenters. The summed E-state index contributed by atoms with van der Waals surface area (Å²) in [6.45, 7) is 6.65. The number of fused-ring (bicyclic) bond motifs is 1. The zero-order valence-corrected chi connectivity index (χ0v) is 19.3. The molecule has 0 spiro atoms. The molecule has 0 N–H and O–H groups in total. The van der Waals surface area contributed by atoms with Gasteiger partial charge in [0.2, 0.25) is 11.7 Å². The molecule has 8 nitrogen and oxygen atoms in total. The lowest BCUT2D eigenvalue weighted by Gasteiger charge is -2.26. The summed E-state index contributed by atoms with van der Waals surface area (Å²) in [5.41, 5.74) is 0.828. The van der Waals surface area contributed by atoms with Crippen LogP contribution < -0.4 is 19.8 Å². The third kappa shape index (κ3) is 4.00. The van der Waals surface area contributed by atoms with Crippen molar-refractivity contribution >= 4 is 16.8 Å². The maximum absolute atomic E-state index is 13.6. The van der Waals surface area contributed by atoms with Crippen LogP contribution in [0.15, 0.2) is 41.2 Å². The maximum atomic E-state index is 13.6. The van der Waals surface area contributed by atoms with Crippen LogP contribution in [0.3, 0.4) is 0 Å². The van der Waals surface area contributed by atoms with Crippen molar-refractivity contribution in [1.29, 1.82) is 0 Å².